The maximum Gasteiger partial charge on any atom is 0.312 e. The lowest BCUT2D eigenvalue weighted by atomic mass is 10.0. The molecule has 0 aliphatic carbocycles. The summed E-state index contributed by atoms with van der Waals surface area (Å²) in [7, 11) is 0. The van der Waals surface area contributed by atoms with Crippen molar-refractivity contribution in [2.75, 3.05) is 5.32 Å². The number of primary amides is 1. The average molecular weight is 285 g/mol. The van der Waals surface area contributed by atoms with E-state index >= 15 is 0 Å². The molecule has 0 unspecified atom stereocenters. The zero-order valence-electron chi connectivity index (χ0n) is 11.2. The molecule has 0 saturated heterocycles. The molecule has 0 aliphatic heterocycles. The van der Waals surface area contributed by atoms with Crippen molar-refractivity contribution in [3.63, 3.8) is 0 Å². The standard InChI is InChI=1S/C13H17F2N3O2/c1-7(2)3-11(18-13(16)20)12(19)17-10-5-8(14)4-9(15)6-10/h4-7,11H,3H2,1-2H3,(H,17,19)(H3,16,18,20)/t11-/m0/s1. The number of anilines is 1. The second-order valence-corrected chi connectivity index (χ2v) is 4.84. The van der Waals surface area contributed by atoms with Gasteiger partial charge in [0.1, 0.15) is 17.7 Å². The summed E-state index contributed by atoms with van der Waals surface area (Å²) in [5, 5.41) is 4.64. The Hall–Kier alpha value is -2.18. The summed E-state index contributed by atoms with van der Waals surface area (Å²) in [6.07, 6.45) is 0.354. The number of carbonyl (C=O) groups excluding carboxylic acids is 2. The lowest BCUT2D eigenvalue weighted by molar-refractivity contribution is -0.118. The van der Waals surface area contributed by atoms with Gasteiger partial charge in [0.05, 0.1) is 0 Å². The van der Waals surface area contributed by atoms with Crippen LogP contribution in [0.4, 0.5) is 19.3 Å². The van der Waals surface area contributed by atoms with Crippen molar-refractivity contribution >= 4 is 17.6 Å². The van der Waals surface area contributed by atoms with Gasteiger partial charge in [-0.1, -0.05) is 13.8 Å². The zero-order valence-corrected chi connectivity index (χ0v) is 11.2. The monoisotopic (exact) mass is 285 g/mol. The van der Waals surface area contributed by atoms with E-state index in [9.17, 15) is 18.4 Å². The summed E-state index contributed by atoms with van der Waals surface area (Å²) >= 11 is 0. The van der Waals surface area contributed by atoms with Crippen molar-refractivity contribution in [1.82, 2.24) is 5.32 Å². The minimum absolute atomic E-state index is 0.0208. The van der Waals surface area contributed by atoms with Gasteiger partial charge in [-0.15, -0.1) is 0 Å². The van der Waals surface area contributed by atoms with Crippen LogP contribution in [-0.4, -0.2) is 18.0 Å². The third-order valence-electron chi connectivity index (χ3n) is 2.47. The average Bonchev–Trinajstić information content (AvgIpc) is 2.24. The van der Waals surface area contributed by atoms with Crippen LogP contribution in [0.2, 0.25) is 0 Å². The number of hydrogen-bond acceptors (Lipinski definition) is 2. The maximum absolute atomic E-state index is 13.0. The first-order valence-corrected chi connectivity index (χ1v) is 6.11. The van der Waals surface area contributed by atoms with E-state index < -0.39 is 29.6 Å². The minimum Gasteiger partial charge on any atom is -0.352 e. The second kappa shape index (κ2) is 6.83. The number of urea groups is 1. The van der Waals surface area contributed by atoms with Crippen LogP contribution in [0.15, 0.2) is 18.2 Å². The van der Waals surface area contributed by atoms with Gasteiger partial charge >= 0.3 is 6.03 Å². The van der Waals surface area contributed by atoms with Crippen LogP contribution in [0.25, 0.3) is 0 Å². The molecule has 7 heteroatoms. The van der Waals surface area contributed by atoms with Gasteiger partial charge in [-0.3, -0.25) is 4.79 Å². The number of nitrogens with two attached hydrogens (primary N) is 1. The fourth-order valence-corrected chi connectivity index (χ4v) is 1.73. The van der Waals surface area contributed by atoms with Crippen molar-refractivity contribution < 1.29 is 18.4 Å². The molecule has 0 bridgehead atoms. The molecule has 20 heavy (non-hydrogen) atoms. The molecular formula is C13H17F2N3O2. The first-order valence-electron chi connectivity index (χ1n) is 6.11. The number of amides is 3. The van der Waals surface area contributed by atoms with Crippen molar-refractivity contribution in [3.8, 4) is 0 Å². The highest BCUT2D eigenvalue weighted by Gasteiger charge is 2.21. The predicted octanol–water partition coefficient (Wildman–Crippen LogP) is 1.99. The van der Waals surface area contributed by atoms with Gasteiger partial charge in [-0.25, -0.2) is 13.6 Å². The molecule has 3 amide bonds. The Morgan fingerprint density at radius 1 is 1.20 bits per heavy atom. The van der Waals surface area contributed by atoms with E-state index in [1.165, 1.54) is 0 Å². The molecule has 0 saturated carbocycles. The Kier molecular flexibility index (Phi) is 5.42. The third-order valence-corrected chi connectivity index (χ3v) is 2.47. The van der Waals surface area contributed by atoms with Crippen molar-refractivity contribution in [2.45, 2.75) is 26.3 Å². The van der Waals surface area contributed by atoms with Gasteiger partial charge < -0.3 is 16.4 Å². The number of benzene rings is 1. The molecule has 0 heterocycles. The molecule has 4 N–H and O–H groups in total. The smallest absolute Gasteiger partial charge is 0.312 e. The number of halogens is 2. The molecule has 0 spiro atoms. The van der Waals surface area contributed by atoms with Crippen LogP contribution in [0.5, 0.6) is 0 Å². The summed E-state index contributed by atoms with van der Waals surface area (Å²) in [4.78, 5) is 22.8. The largest absolute Gasteiger partial charge is 0.352 e. The molecule has 0 aliphatic rings. The van der Waals surface area contributed by atoms with Crippen LogP contribution < -0.4 is 16.4 Å². The zero-order chi connectivity index (χ0) is 15.3. The first kappa shape index (κ1) is 15.9. The molecule has 5 nitrogen and oxygen atoms in total. The highest BCUT2D eigenvalue weighted by atomic mass is 19.1. The summed E-state index contributed by atoms with van der Waals surface area (Å²) < 4.78 is 26.0. The first-order chi connectivity index (χ1) is 9.27. The van der Waals surface area contributed by atoms with Crippen LogP contribution in [0, 0.1) is 17.6 Å². The van der Waals surface area contributed by atoms with Crippen LogP contribution in [0.1, 0.15) is 20.3 Å². The van der Waals surface area contributed by atoms with Gasteiger partial charge in [-0.05, 0) is 24.5 Å². The fraction of sp³-hybridized carbons (Fsp3) is 0.385. The Bertz CT molecular complexity index is 486. The highest BCUT2D eigenvalue weighted by molar-refractivity contribution is 5.96. The van der Waals surface area contributed by atoms with E-state index in [1.54, 1.807) is 0 Å². The number of rotatable bonds is 5. The van der Waals surface area contributed by atoms with Crippen molar-refractivity contribution in [2.24, 2.45) is 11.7 Å². The van der Waals surface area contributed by atoms with Crippen molar-refractivity contribution in [3.05, 3.63) is 29.8 Å². The van der Waals surface area contributed by atoms with Crippen LogP contribution in [-0.2, 0) is 4.79 Å². The highest BCUT2D eigenvalue weighted by Crippen LogP contribution is 2.14. The third kappa shape index (κ3) is 5.21. The molecule has 110 valence electrons. The number of nitrogens with one attached hydrogen (secondary N) is 2. The Labute approximate surface area is 115 Å². The summed E-state index contributed by atoms with van der Waals surface area (Å²) in [6.45, 7) is 3.73. The van der Waals surface area contributed by atoms with Crippen LogP contribution >= 0.6 is 0 Å². The number of carbonyl (C=O) groups is 2. The van der Waals surface area contributed by atoms with E-state index in [4.69, 9.17) is 5.73 Å². The minimum atomic E-state index is -0.862. The SMILES string of the molecule is CC(C)C[C@H](NC(N)=O)C(=O)Nc1cc(F)cc(F)c1. The Balaban J connectivity index is 2.81. The Morgan fingerprint density at radius 2 is 1.75 bits per heavy atom. The van der Waals surface area contributed by atoms with E-state index in [2.05, 4.69) is 10.6 Å². The molecule has 0 radical (unpaired) electrons. The van der Waals surface area contributed by atoms with Gasteiger partial charge in [-0.2, -0.15) is 0 Å². The van der Waals surface area contributed by atoms with Gasteiger partial charge in [0.2, 0.25) is 5.91 Å². The molecule has 1 aromatic carbocycles. The fourth-order valence-electron chi connectivity index (χ4n) is 1.73. The summed E-state index contributed by atoms with van der Waals surface area (Å²) in [5.74, 6) is -2.06. The topological polar surface area (TPSA) is 84.2 Å². The van der Waals surface area contributed by atoms with E-state index in [-0.39, 0.29) is 11.6 Å². The summed E-state index contributed by atoms with van der Waals surface area (Å²) in [5.41, 5.74) is 4.98. The van der Waals surface area contributed by atoms with E-state index in [1.807, 2.05) is 13.8 Å². The molecule has 1 rings (SSSR count). The Morgan fingerprint density at radius 3 is 2.20 bits per heavy atom. The number of hydrogen-bond donors (Lipinski definition) is 3. The lowest BCUT2D eigenvalue weighted by Gasteiger charge is -2.19. The predicted molar refractivity (Wildman–Crippen MR) is 70.9 cm³/mol. The van der Waals surface area contributed by atoms with E-state index in [0.29, 0.717) is 12.5 Å². The quantitative estimate of drug-likeness (QED) is 0.773. The molecule has 0 aromatic heterocycles. The lowest BCUT2D eigenvalue weighted by Crippen LogP contribution is -2.46. The van der Waals surface area contributed by atoms with Gasteiger partial charge in [0, 0.05) is 11.8 Å². The molecule has 1 aromatic rings. The van der Waals surface area contributed by atoms with Crippen LogP contribution in [0.3, 0.4) is 0 Å². The normalized spacial score (nSPS) is 12.1. The molecule has 0 fully saturated rings. The molecular weight excluding hydrogens is 268 g/mol. The van der Waals surface area contributed by atoms with E-state index in [0.717, 1.165) is 12.1 Å². The summed E-state index contributed by atoms with van der Waals surface area (Å²) in [6, 6.07) is 0.966. The van der Waals surface area contributed by atoms with Gasteiger partial charge in [0.25, 0.3) is 0 Å². The second-order valence-electron chi connectivity index (χ2n) is 4.84. The molecule has 1 atom stereocenters. The van der Waals surface area contributed by atoms with Crippen molar-refractivity contribution in [1.29, 1.82) is 0 Å². The maximum atomic E-state index is 13.0. The van der Waals surface area contributed by atoms with Gasteiger partial charge in [0.15, 0.2) is 0 Å².